The van der Waals surface area contributed by atoms with Crippen LogP contribution in [0.2, 0.25) is 5.02 Å². The molecule has 2 aliphatic rings. The van der Waals surface area contributed by atoms with Gasteiger partial charge in [0, 0.05) is 52.3 Å². The average molecular weight is 670 g/mol. The van der Waals surface area contributed by atoms with Gasteiger partial charge in [-0.25, -0.2) is 0 Å². The summed E-state index contributed by atoms with van der Waals surface area (Å²) in [7, 11) is 0. The number of benzene rings is 3. The number of aromatic amines is 1. The summed E-state index contributed by atoms with van der Waals surface area (Å²) in [6.45, 7) is 2.29. The van der Waals surface area contributed by atoms with Crippen molar-refractivity contribution in [3.8, 4) is 22.5 Å². The Labute approximate surface area is 284 Å². The molecule has 2 fully saturated rings. The van der Waals surface area contributed by atoms with Crippen molar-refractivity contribution in [2.75, 3.05) is 25.0 Å². The highest BCUT2D eigenvalue weighted by Crippen LogP contribution is 2.30. The van der Waals surface area contributed by atoms with Crippen LogP contribution < -0.4 is 27.0 Å². The molecule has 7 N–H and O–H groups in total. The zero-order valence-corrected chi connectivity index (χ0v) is 27.3. The first-order chi connectivity index (χ1) is 23.4. The first-order valence-corrected chi connectivity index (χ1v) is 16.8. The summed E-state index contributed by atoms with van der Waals surface area (Å²) in [4.78, 5) is 39.7. The monoisotopic (exact) mass is 669 g/mol. The molecule has 3 aromatic carbocycles. The predicted octanol–water partition coefficient (Wildman–Crippen LogP) is 3.71. The molecule has 12 nitrogen and oxygen atoms in total. The number of anilines is 1. The van der Waals surface area contributed by atoms with Crippen molar-refractivity contribution < 1.29 is 14.4 Å². The Kier molecular flexibility index (Phi) is 10.7. The van der Waals surface area contributed by atoms with Crippen LogP contribution >= 0.6 is 11.6 Å². The fraction of sp³-hybridized carbons (Fsp3) is 0.371. The second-order valence-electron chi connectivity index (χ2n) is 12.6. The molecule has 4 aromatic rings. The quantitative estimate of drug-likeness (QED) is 0.140. The summed E-state index contributed by atoms with van der Waals surface area (Å²) in [6, 6.07) is 19.5. The number of nitrogens with two attached hydrogens (primary N) is 1. The molecular formula is C35H40ClN9O3. The van der Waals surface area contributed by atoms with E-state index >= 15 is 0 Å². The molecule has 3 amide bonds. The van der Waals surface area contributed by atoms with E-state index in [1.807, 2.05) is 30.3 Å². The van der Waals surface area contributed by atoms with Gasteiger partial charge in [-0.1, -0.05) is 41.9 Å². The molecule has 0 bridgehead atoms. The van der Waals surface area contributed by atoms with Crippen LogP contribution in [0.15, 0.2) is 66.7 Å². The zero-order chi connectivity index (χ0) is 33.5. The number of hydrogen-bond donors (Lipinski definition) is 6. The molecule has 1 aromatic heterocycles. The molecule has 0 spiro atoms. The van der Waals surface area contributed by atoms with Crippen molar-refractivity contribution in [3.05, 3.63) is 82.9 Å². The van der Waals surface area contributed by atoms with Crippen molar-refractivity contribution in [3.63, 3.8) is 0 Å². The lowest BCUT2D eigenvalue weighted by Crippen LogP contribution is -2.48. The SMILES string of the molecule is NCC1CCC(C(=O)N[C@@H](Cc2ccc(-c3ccc(C(=O)N[C@H]4CCNC4)cc3Cl)cc2)C(=O)Nc2ccc(-c3nn[nH]n3)cc2)CC1. The highest BCUT2D eigenvalue weighted by Gasteiger charge is 2.29. The van der Waals surface area contributed by atoms with Gasteiger partial charge in [0.05, 0.1) is 0 Å². The first-order valence-electron chi connectivity index (χ1n) is 16.4. The van der Waals surface area contributed by atoms with E-state index in [2.05, 4.69) is 41.9 Å². The Hall–Kier alpha value is -4.65. The van der Waals surface area contributed by atoms with E-state index in [0.29, 0.717) is 41.0 Å². The van der Waals surface area contributed by atoms with E-state index < -0.39 is 6.04 Å². The largest absolute Gasteiger partial charge is 0.348 e. The number of aromatic nitrogens is 4. The molecule has 1 saturated carbocycles. The number of tetrazole rings is 1. The lowest BCUT2D eigenvalue weighted by molar-refractivity contribution is -0.130. The highest BCUT2D eigenvalue weighted by atomic mass is 35.5. The first kappa shape index (κ1) is 33.3. The number of nitrogens with one attached hydrogen (secondary N) is 5. The molecule has 1 aliphatic carbocycles. The van der Waals surface area contributed by atoms with Crippen molar-refractivity contribution >= 4 is 35.0 Å². The molecule has 1 saturated heterocycles. The van der Waals surface area contributed by atoms with Crippen molar-refractivity contribution in [2.45, 2.75) is 50.6 Å². The van der Waals surface area contributed by atoms with Crippen LogP contribution in [0.5, 0.6) is 0 Å². The van der Waals surface area contributed by atoms with Crippen molar-refractivity contribution in [1.82, 2.24) is 36.6 Å². The molecule has 6 rings (SSSR count). The molecule has 1 aliphatic heterocycles. The van der Waals surface area contributed by atoms with Crippen LogP contribution in [0.4, 0.5) is 5.69 Å². The fourth-order valence-electron chi connectivity index (χ4n) is 6.37. The number of halogens is 1. The van der Waals surface area contributed by atoms with Gasteiger partial charge in [0.1, 0.15) is 6.04 Å². The number of nitrogens with zero attached hydrogens (tertiary/aromatic N) is 3. The smallest absolute Gasteiger partial charge is 0.251 e. The Morgan fingerprint density at radius 3 is 2.33 bits per heavy atom. The number of hydrogen-bond acceptors (Lipinski definition) is 8. The van der Waals surface area contributed by atoms with E-state index in [9.17, 15) is 14.4 Å². The Balaban J connectivity index is 1.14. The van der Waals surface area contributed by atoms with E-state index in [4.69, 9.17) is 17.3 Å². The standard InChI is InChI=1S/C35H40ClN9O3/c36-30-18-26(34(47)40-28-15-16-38-20-28)11-14-29(30)23-5-1-21(2-6-23)17-31(41-33(46)25-7-3-22(19-37)4-8-25)35(48)39-27-12-9-24(10-13-27)32-42-44-45-43-32/h1-2,5-6,9-14,18,22,25,28,31,38H,3-4,7-8,15-17,19-20,37H2,(H,39,48)(H,40,47)(H,41,46)(H,42,43,44,45)/t22?,25?,28-,31-/m0/s1. The zero-order valence-electron chi connectivity index (χ0n) is 26.5. The normalized spacial score (nSPS) is 19.8. The summed E-state index contributed by atoms with van der Waals surface area (Å²) in [5.74, 6) is 0.162. The third kappa shape index (κ3) is 8.25. The minimum absolute atomic E-state index is 0.116. The Morgan fingerprint density at radius 2 is 1.69 bits per heavy atom. The maximum atomic E-state index is 13.6. The van der Waals surface area contributed by atoms with Crippen LogP contribution in [-0.4, -0.2) is 70.1 Å². The molecule has 250 valence electrons. The van der Waals surface area contributed by atoms with Gasteiger partial charge >= 0.3 is 0 Å². The lowest BCUT2D eigenvalue weighted by atomic mass is 9.81. The van der Waals surface area contributed by atoms with E-state index in [0.717, 1.165) is 67.4 Å². The third-order valence-corrected chi connectivity index (χ3v) is 9.58. The molecule has 0 unspecified atom stereocenters. The van der Waals surface area contributed by atoms with Crippen LogP contribution in [0.25, 0.3) is 22.5 Å². The lowest BCUT2D eigenvalue weighted by Gasteiger charge is -2.28. The van der Waals surface area contributed by atoms with E-state index in [1.54, 1.807) is 36.4 Å². The van der Waals surface area contributed by atoms with Gasteiger partial charge in [-0.2, -0.15) is 5.21 Å². The molecular weight excluding hydrogens is 630 g/mol. The summed E-state index contributed by atoms with van der Waals surface area (Å²) in [6.07, 6.45) is 4.53. The number of rotatable bonds is 11. The molecule has 2 atom stereocenters. The molecule has 13 heteroatoms. The number of carbonyl (C=O) groups excluding carboxylic acids is 3. The number of amides is 3. The van der Waals surface area contributed by atoms with Crippen LogP contribution in [0.3, 0.4) is 0 Å². The maximum absolute atomic E-state index is 13.6. The van der Waals surface area contributed by atoms with Gasteiger partial charge in [0.2, 0.25) is 17.6 Å². The maximum Gasteiger partial charge on any atom is 0.251 e. The van der Waals surface area contributed by atoms with Gasteiger partial charge in [0.15, 0.2) is 0 Å². The van der Waals surface area contributed by atoms with Crippen molar-refractivity contribution in [2.24, 2.45) is 17.6 Å². The van der Waals surface area contributed by atoms with Crippen LogP contribution in [0.1, 0.15) is 48.0 Å². The second kappa shape index (κ2) is 15.5. The minimum Gasteiger partial charge on any atom is -0.348 e. The van der Waals surface area contributed by atoms with E-state index in [-0.39, 0.29) is 29.7 Å². The average Bonchev–Trinajstić information content (AvgIpc) is 3.84. The van der Waals surface area contributed by atoms with Gasteiger partial charge in [-0.15, -0.1) is 10.2 Å². The van der Waals surface area contributed by atoms with Crippen molar-refractivity contribution in [1.29, 1.82) is 0 Å². The summed E-state index contributed by atoms with van der Waals surface area (Å²) in [5.41, 5.74) is 10.2. The summed E-state index contributed by atoms with van der Waals surface area (Å²) in [5, 5.41) is 26.7. The van der Waals surface area contributed by atoms with Gasteiger partial charge in [-0.05, 0) is 104 Å². The fourth-order valence-corrected chi connectivity index (χ4v) is 6.66. The van der Waals surface area contributed by atoms with Gasteiger partial charge < -0.3 is 27.0 Å². The third-order valence-electron chi connectivity index (χ3n) is 9.27. The molecule has 0 radical (unpaired) electrons. The molecule has 48 heavy (non-hydrogen) atoms. The number of carbonyl (C=O) groups is 3. The second-order valence-corrected chi connectivity index (χ2v) is 13.0. The Bertz CT molecular complexity index is 1700. The van der Waals surface area contributed by atoms with Crippen LogP contribution in [-0.2, 0) is 16.0 Å². The highest BCUT2D eigenvalue weighted by molar-refractivity contribution is 6.33. The number of H-pyrrole nitrogens is 1. The summed E-state index contributed by atoms with van der Waals surface area (Å²) >= 11 is 6.64. The summed E-state index contributed by atoms with van der Waals surface area (Å²) < 4.78 is 0. The van der Waals surface area contributed by atoms with Crippen LogP contribution in [0, 0.1) is 11.8 Å². The molecule has 2 heterocycles. The van der Waals surface area contributed by atoms with Gasteiger partial charge in [-0.3, -0.25) is 14.4 Å². The topological polar surface area (TPSA) is 180 Å². The van der Waals surface area contributed by atoms with E-state index in [1.165, 1.54) is 0 Å². The van der Waals surface area contributed by atoms with Gasteiger partial charge in [0.25, 0.3) is 5.91 Å². The predicted molar refractivity (Wildman–Crippen MR) is 184 cm³/mol. The Morgan fingerprint density at radius 1 is 0.938 bits per heavy atom. The minimum atomic E-state index is -0.802.